The van der Waals surface area contributed by atoms with Gasteiger partial charge in [0.25, 0.3) is 5.91 Å². The average Bonchev–Trinajstić information content (AvgIpc) is 2.50. The van der Waals surface area contributed by atoms with Crippen molar-refractivity contribution in [2.75, 3.05) is 29.0 Å². The first-order valence-corrected chi connectivity index (χ1v) is 7.65. The summed E-state index contributed by atoms with van der Waals surface area (Å²) in [6.07, 6.45) is 0. The number of amides is 1. The van der Waals surface area contributed by atoms with E-state index in [1.165, 1.54) is 0 Å². The maximum absolute atomic E-state index is 12.2. The molecule has 0 heterocycles. The summed E-state index contributed by atoms with van der Waals surface area (Å²) in [6, 6.07) is 12.5. The highest BCUT2D eigenvalue weighted by Crippen LogP contribution is 2.27. The zero-order valence-corrected chi connectivity index (χ0v) is 13.5. The van der Waals surface area contributed by atoms with E-state index in [2.05, 4.69) is 24.1 Å². The third-order valence-electron chi connectivity index (χ3n) is 3.51. The molecular weight excluding hydrogens is 298 g/mol. The summed E-state index contributed by atoms with van der Waals surface area (Å²) in [5.41, 5.74) is 8.80. The summed E-state index contributed by atoms with van der Waals surface area (Å²) in [6.45, 7) is 5.92. The van der Waals surface area contributed by atoms with E-state index in [4.69, 9.17) is 17.3 Å². The molecule has 0 bridgehead atoms. The van der Waals surface area contributed by atoms with Crippen molar-refractivity contribution < 1.29 is 4.79 Å². The smallest absolute Gasteiger partial charge is 0.257 e. The number of nitrogens with two attached hydrogens (primary N) is 1. The number of nitrogens with zero attached hydrogens (tertiary/aromatic N) is 1. The minimum atomic E-state index is -0.249. The number of hydrogen-bond acceptors (Lipinski definition) is 3. The Morgan fingerprint density at radius 1 is 1.18 bits per heavy atom. The maximum atomic E-state index is 12.2. The summed E-state index contributed by atoms with van der Waals surface area (Å²) in [7, 11) is 0. The summed E-state index contributed by atoms with van der Waals surface area (Å²) in [4.78, 5) is 14.4. The first-order chi connectivity index (χ1) is 10.6. The molecule has 3 N–H and O–H groups in total. The average molecular weight is 318 g/mol. The van der Waals surface area contributed by atoms with Gasteiger partial charge in [-0.1, -0.05) is 23.7 Å². The van der Waals surface area contributed by atoms with Crippen LogP contribution in [-0.4, -0.2) is 19.0 Å². The predicted molar refractivity (Wildman–Crippen MR) is 93.8 cm³/mol. The van der Waals surface area contributed by atoms with Crippen molar-refractivity contribution in [1.29, 1.82) is 0 Å². The van der Waals surface area contributed by atoms with Crippen LogP contribution in [0.15, 0.2) is 42.5 Å². The molecule has 2 rings (SSSR count). The van der Waals surface area contributed by atoms with Crippen LogP contribution in [0.25, 0.3) is 0 Å². The fraction of sp³-hybridized carbons (Fsp3) is 0.235. The number of carbonyl (C=O) groups excluding carboxylic acids is 1. The summed E-state index contributed by atoms with van der Waals surface area (Å²) in [5, 5.41) is 3.24. The highest BCUT2D eigenvalue weighted by atomic mass is 35.5. The fourth-order valence-corrected chi connectivity index (χ4v) is 2.55. The lowest BCUT2D eigenvalue weighted by Gasteiger charge is -2.23. The van der Waals surface area contributed by atoms with Crippen LogP contribution in [0.3, 0.4) is 0 Å². The fourth-order valence-electron chi connectivity index (χ4n) is 2.33. The second-order valence-electron chi connectivity index (χ2n) is 4.88. The van der Waals surface area contributed by atoms with Crippen LogP contribution in [0.4, 0.5) is 17.1 Å². The molecule has 0 aliphatic heterocycles. The molecule has 0 atom stereocenters. The molecule has 4 nitrogen and oxygen atoms in total. The van der Waals surface area contributed by atoms with Gasteiger partial charge in [0.15, 0.2) is 0 Å². The van der Waals surface area contributed by atoms with Crippen LogP contribution in [0.1, 0.15) is 24.2 Å². The molecule has 0 radical (unpaired) electrons. The number of nitrogens with one attached hydrogen (secondary N) is 1. The number of benzene rings is 2. The van der Waals surface area contributed by atoms with Gasteiger partial charge in [0.2, 0.25) is 0 Å². The highest BCUT2D eigenvalue weighted by Gasteiger charge is 2.11. The van der Waals surface area contributed by atoms with E-state index < -0.39 is 0 Å². The topological polar surface area (TPSA) is 58.4 Å². The van der Waals surface area contributed by atoms with Gasteiger partial charge in [-0.25, -0.2) is 0 Å². The first kappa shape index (κ1) is 16.2. The SMILES string of the molecule is CCN(CC)c1ccc(NC(=O)c2ccccc2Cl)cc1N. The molecule has 22 heavy (non-hydrogen) atoms. The first-order valence-electron chi connectivity index (χ1n) is 7.27. The van der Waals surface area contributed by atoms with E-state index in [1.54, 1.807) is 30.3 Å². The van der Waals surface area contributed by atoms with Crippen molar-refractivity contribution in [1.82, 2.24) is 0 Å². The quantitative estimate of drug-likeness (QED) is 0.819. The normalized spacial score (nSPS) is 10.3. The van der Waals surface area contributed by atoms with Gasteiger partial charge in [-0.05, 0) is 44.2 Å². The Labute approximate surface area is 135 Å². The number of halogens is 1. The molecule has 0 unspecified atom stereocenters. The van der Waals surface area contributed by atoms with Gasteiger partial charge >= 0.3 is 0 Å². The Morgan fingerprint density at radius 3 is 2.45 bits per heavy atom. The minimum Gasteiger partial charge on any atom is -0.397 e. The Hall–Kier alpha value is -2.20. The highest BCUT2D eigenvalue weighted by molar-refractivity contribution is 6.34. The van der Waals surface area contributed by atoms with Crippen molar-refractivity contribution in [3.05, 3.63) is 53.1 Å². The summed E-state index contributed by atoms with van der Waals surface area (Å²) < 4.78 is 0. The summed E-state index contributed by atoms with van der Waals surface area (Å²) >= 11 is 6.03. The zero-order chi connectivity index (χ0) is 16.1. The molecule has 0 fully saturated rings. The third kappa shape index (κ3) is 3.52. The van der Waals surface area contributed by atoms with Crippen LogP contribution in [0.5, 0.6) is 0 Å². The number of carbonyl (C=O) groups is 1. The molecule has 0 spiro atoms. The Morgan fingerprint density at radius 2 is 1.86 bits per heavy atom. The van der Waals surface area contributed by atoms with Gasteiger partial charge in [-0.3, -0.25) is 4.79 Å². The number of hydrogen-bond donors (Lipinski definition) is 2. The zero-order valence-electron chi connectivity index (χ0n) is 12.8. The van der Waals surface area contributed by atoms with Gasteiger partial charge < -0.3 is 16.0 Å². The van der Waals surface area contributed by atoms with Crippen LogP contribution < -0.4 is 16.0 Å². The lowest BCUT2D eigenvalue weighted by molar-refractivity contribution is 0.102. The molecule has 0 saturated carbocycles. The molecule has 0 saturated heterocycles. The molecule has 1 amide bonds. The predicted octanol–water partition coefficient (Wildman–Crippen LogP) is 4.02. The monoisotopic (exact) mass is 317 g/mol. The van der Waals surface area contributed by atoms with E-state index in [0.717, 1.165) is 18.8 Å². The Bertz CT molecular complexity index is 669. The molecular formula is C17H20ClN3O. The van der Waals surface area contributed by atoms with Crippen molar-refractivity contribution in [2.24, 2.45) is 0 Å². The van der Waals surface area contributed by atoms with E-state index in [1.807, 2.05) is 12.1 Å². The van der Waals surface area contributed by atoms with Gasteiger partial charge in [-0.2, -0.15) is 0 Å². The molecule has 2 aromatic rings. The largest absolute Gasteiger partial charge is 0.397 e. The molecule has 116 valence electrons. The molecule has 5 heteroatoms. The van der Waals surface area contributed by atoms with Gasteiger partial charge in [0.1, 0.15) is 0 Å². The van der Waals surface area contributed by atoms with Crippen LogP contribution in [0, 0.1) is 0 Å². The van der Waals surface area contributed by atoms with Gasteiger partial charge in [-0.15, -0.1) is 0 Å². The molecule has 0 aliphatic carbocycles. The second-order valence-corrected chi connectivity index (χ2v) is 5.29. The van der Waals surface area contributed by atoms with Crippen molar-refractivity contribution in [2.45, 2.75) is 13.8 Å². The molecule has 0 aliphatic rings. The third-order valence-corrected chi connectivity index (χ3v) is 3.84. The van der Waals surface area contributed by atoms with Gasteiger partial charge in [0.05, 0.1) is 22.0 Å². The Balaban J connectivity index is 2.19. The van der Waals surface area contributed by atoms with Crippen molar-refractivity contribution >= 4 is 34.6 Å². The number of rotatable bonds is 5. The van der Waals surface area contributed by atoms with E-state index in [0.29, 0.717) is 22.0 Å². The van der Waals surface area contributed by atoms with E-state index >= 15 is 0 Å². The van der Waals surface area contributed by atoms with Crippen molar-refractivity contribution in [3.63, 3.8) is 0 Å². The van der Waals surface area contributed by atoms with E-state index in [9.17, 15) is 4.79 Å². The van der Waals surface area contributed by atoms with Crippen molar-refractivity contribution in [3.8, 4) is 0 Å². The Kier molecular flexibility index (Phi) is 5.28. The molecule has 0 aromatic heterocycles. The van der Waals surface area contributed by atoms with Crippen LogP contribution in [-0.2, 0) is 0 Å². The molecule has 2 aromatic carbocycles. The minimum absolute atomic E-state index is 0.249. The second kappa shape index (κ2) is 7.18. The van der Waals surface area contributed by atoms with E-state index in [-0.39, 0.29) is 5.91 Å². The number of anilines is 3. The number of nitrogen functional groups attached to an aromatic ring is 1. The summed E-state index contributed by atoms with van der Waals surface area (Å²) in [5.74, 6) is -0.249. The standard InChI is InChI=1S/C17H20ClN3O/c1-3-21(4-2)16-10-9-12(11-15(16)19)20-17(22)13-7-5-6-8-14(13)18/h5-11H,3-4,19H2,1-2H3,(H,20,22). The van der Waals surface area contributed by atoms with Crippen LogP contribution in [0.2, 0.25) is 5.02 Å². The van der Waals surface area contributed by atoms with Crippen LogP contribution >= 0.6 is 11.6 Å². The lowest BCUT2D eigenvalue weighted by Crippen LogP contribution is -2.23. The lowest BCUT2D eigenvalue weighted by atomic mass is 10.2. The van der Waals surface area contributed by atoms with Gasteiger partial charge in [0, 0.05) is 18.8 Å². The maximum Gasteiger partial charge on any atom is 0.257 e.